The Balaban J connectivity index is 0. The van der Waals surface area contributed by atoms with Crippen LogP contribution in [-0.2, 0) is 10.4 Å². The van der Waals surface area contributed by atoms with Crippen molar-refractivity contribution in [3.8, 4) is 0 Å². The van der Waals surface area contributed by atoms with Crippen molar-refractivity contribution < 1.29 is 17.5 Å². The Kier molecular flexibility index (Phi) is 15.6. The van der Waals surface area contributed by atoms with Crippen LogP contribution in [0.25, 0.3) is 0 Å². The molecule has 0 unspecified atom stereocenters. The summed E-state index contributed by atoms with van der Waals surface area (Å²) in [7, 11) is -4.67. The van der Waals surface area contributed by atoms with Gasteiger partial charge in [-0.1, -0.05) is 32.4 Å². The predicted molar refractivity (Wildman–Crippen MR) is 78.6 cm³/mol. The molecule has 2 rings (SSSR count). The van der Waals surface area contributed by atoms with Gasteiger partial charge in [0.1, 0.15) is 0 Å². The van der Waals surface area contributed by atoms with Gasteiger partial charge in [0, 0.05) is 24.8 Å². The smallest absolute Gasteiger partial charge is 0.265 e. The zero-order chi connectivity index (χ0) is 15.7. The van der Waals surface area contributed by atoms with Crippen LogP contribution in [0.15, 0.2) is 61.2 Å². The van der Waals surface area contributed by atoms with E-state index in [0.717, 1.165) is 0 Å². The Morgan fingerprint density at radius 3 is 1.00 bits per heavy atom. The van der Waals surface area contributed by atoms with Crippen molar-refractivity contribution in [3.63, 3.8) is 0 Å². The van der Waals surface area contributed by atoms with Gasteiger partial charge in [0.05, 0.1) is 0 Å². The second-order valence-corrected chi connectivity index (χ2v) is 4.10. The van der Waals surface area contributed by atoms with Gasteiger partial charge < -0.3 is 0 Å². The molecule has 0 aliphatic rings. The van der Waals surface area contributed by atoms with Crippen molar-refractivity contribution in [2.24, 2.45) is 0 Å². The minimum absolute atomic E-state index is 1.25. The third-order valence-electron chi connectivity index (χ3n) is 1.13. The minimum atomic E-state index is -4.67. The lowest BCUT2D eigenvalue weighted by molar-refractivity contribution is 0.381. The number of rotatable bonds is 0. The molecule has 7 heteroatoms. The van der Waals surface area contributed by atoms with E-state index in [9.17, 15) is 0 Å². The van der Waals surface area contributed by atoms with Crippen LogP contribution in [0.2, 0.25) is 0 Å². The van der Waals surface area contributed by atoms with Gasteiger partial charge in [-0.3, -0.25) is 19.1 Å². The van der Waals surface area contributed by atoms with E-state index in [2.05, 4.69) is 23.8 Å². The Labute approximate surface area is 120 Å². The van der Waals surface area contributed by atoms with Gasteiger partial charge in [-0.2, -0.15) is 8.42 Å². The third kappa shape index (κ3) is 36.0. The standard InChI is InChI=1S/2C5H5N.C3H8.H2O4S/c2*1-2-4-6-5-3-1;1-3-2;1-5(2,3)4/h2*1-5H;3H2,1-2H3;(H2,1,2,3,4). The second-order valence-electron chi connectivity index (χ2n) is 3.20. The topological polar surface area (TPSA) is 100 Å². The molecule has 0 spiro atoms. The van der Waals surface area contributed by atoms with Gasteiger partial charge >= 0.3 is 10.4 Å². The fourth-order valence-electron chi connectivity index (χ4n) is 0.625. The number of pyridine rings is 2. The van der Waals surface area contributed by atoms with Crippen LogP contribution in [0, 0.1) is 0 Å². The normalized spacial score (nSPS) is 8.60. The average molecular weight is 300 g/mol. The van der Waals surface area contributed by atoms with Crippen LogP contribution >= 0.6 is 0 Å². The van der Waals surface area contributed by atoms with Crippen molar-refractivity contribution in [1.82, 2.24) is 9.97 Å². The highest BCUT2D eigenvalue weighted by atomic mass is 32.3. The summed E-state index contributed by atoms with van der Waals surface area (Å²) in [5, 5.41) is 0. The summed E-state index contributed by atoms with van der Waals surface area (Å²) in [6.45, 7) is 4.25. The lowest BCUT2D eigenvalue weighted by atomic mass is 10.5. The van der Waals surface area contributed by atoms with Gasteiger partial charge in [0.15, 0.2) is 0 Å². The predicted octanol–water partition coefficient (Wildman–Crippen LogP) is 2.93. The SMILES string of the molecule is CCC.O=S(=O)(O)O.c1ccncc1.c1ccncc1. The highest BCUT2D eigenvalue weighted by Crippen LogP contribution is 1.74. The number of hydrogen-bond acceptors (Lipinski definition) is 4. The van der Waals surface area contributed by atoms with E-state index >= 15 is 0 Å². The maximum absolute atomic E-state index is 8.74. The first kappa shape index (κ1) is 20.5. The van der Waals surface area contributed by atoms with E-state index in [1.165, 1.54) is 6.42 Å². The van der Waals surface area contributed by atoms with E-state index < -0.39 is 10.4 Å². The fraction of sp³-hybridized carbons (Fsp3) is 0.231. The van der Waals surface area contributed by atoms with E-state index in [1.54, 1.807) is 24.8 Å². The van der Waals surface area contributed by atoms with Crippen molar-refractivity contribution in [2.75, 3.05) is 0 Å². The maximum Gasteiger partial charge on any atom is 0.394 e. The largest absolute Gasteiger partial charge is 0.394 e. The van der Waals surface area contributed by atoms with Crippen LogP contribution in [-0.4, -0.2) is 27.5 Å². The molecule has 2 N–H and O–H groups in total. The summed E-state index contributed by atoms with van der Waals surface area (Å²) >= 11 is 0. The molecule has 0 bridgehead atoms. The molecule has 6 nitrogen and oxygen atoms in total. The van der Waals surface area contributed by atoms with E-state index in [-0.39, 0.29) is 0 Å². The molecule has 0 amide bonds. The van der Waals surface area contributed by atoms with E-state index in [0.29, 0.717) is 0 Å². The molecule has 0 saturated heterocycles. The van der Waals surface area contributed by atoms with Gasteiger partial charge in [-0.15, -0.1) is 0 Å². The van der Waals surface area contributed by atoms with Crippen LogP contribution in [0.5, 0.6) is 0 Å². The summed E-state index contributed by atoms with van der Waals surface area (Å²) in [6, 6.07) is 11.4. The molecule has 0 aliphatic carbocycles. The summed E-state index contributed by atoms with van der Waals surface area (Å²) in [5.41, 5.74) is 0. The molecule has 20 heavy (non-hydrogen) atoms. The Morgan fingerprint density at radius 2 is 0.950 bits per heavy atom. The van der Waals surface area contributed by atoms with Gasteiger partial charge in [0.2, 0.25) is 0 Å². The third-order valence-corrected chi connectivity index (χ3v) is 1.13. The molecule has 0 saturated carbocycles. The molecule has 2 aromatic rings. The first-order chi connectivity index (χ1) is 9.41. The molecule has 0 aromatic carbocycles. The summed E-state index contributed by atoms with van der Waals surface area (Å²) in [6.07, 6.45) is 8.25. The van der Waals surface area contributed by atoms with Crippen molar-refractivity contribution >= 4 is 10.4 Å². The molecule has 0 fully saturated rings. The quantitative estimate of drug-likeness (QED) is 0.725. The lowest BCUT2D eigenvalue weighted by Crippen LogP contribution is -1.89. The Hall–Kier alpha value is -1.83. The molecular weight excluding hydrogens is 280 g/mol. The highest BCUT2D eigenvalue weighted by Gasteiger charge is 1.84. The summed E-state index contributed by atoms with van der Waals surface area (Å²) in [5.74, 6) is 0. The Bertz CT molecular complexity index is 385. The maximum atomic E-state index is 8.74. The molecular formula is C13H20N2O4S. The molecule has 0 atom stereocenters. The number of aromatic nitrogens is 2. The first-order valence-corrected chi connectivity index (χ1v) is 7.21. The molecule has 2 heterocycles. The van der Waals surface area contributed by atoms with Gasteiger partial charge in [0.25, 0.3) is 0 Å². The zero-order valence-corrected chi connectivity index (χ0v) is 12.3. The van der Waals surface area contributed by atoms with Gasteiger partial charge in [-0.25, -0.2) is 0 Å². The lowest BCUT2D eigenvalue weighted by Gasteiger charge is -1.70. The van der Waals surface area contributed by atoms with E-state index in [1.807, 2.05) is 36.4 Å². The number of hydrogen-bond donors (Lipinski definition) is 2. The monoisotopic (exact) mass is 300 g/mol. The molecule has 2 aromatic heterocycles. The van der Waals surface area contributed by atoms with Crippen molar-refractivity contribution in [2.45, 2.75) is 20.3 Å². The molecule has 0 radical (unpaired) electrons. The summed E-state index contributed by atoms with van der Waals surface area (Å²) in [4.78, 5) is 7.57. The fourth-order valence-corrected chi connectivity index (χ4v) is 0.625. The van der Waals surface area contributed by atoms with Crippen LogP contribution in [0.3, 0.4) is 0 Å². The Morgan fingerprint density at radius 1 is 0.750 bits per heavy atom. The zero-order valence-electron chi connectivity index (χ0n) is 11.5. The van der Waals surface area contributed by atoms with Crippen LogP contribution in [0.4, 0.5) is 0 Å². The molecule has 0 aliphatic heterocycles. The number of nitrogens with zero attached hydrogens (tertiary/aromatic N) is 2. The highest BCUT2D eigenvalue weighted by molar-refractivity contribution is 7.79. The first-order valence-electron chi connectivity index (χ1n) is 5.81. The van der Waals surface area contributed by atoms with Crippen LogP contribution < -0.4 is 0 Å². The van der Waals surface area contributed by atoms with Gasteiger partial charge in [-0.05, 0) is 24.3 Å². The van der Waals surface area contributed by atoms with Crippen molar-refractivity contribution in [1.29, 1.82) is 0 Å². The summed E-state index contributed by atoms with van der Waals surface area (Å²) < 4.78 is 31.6. The van der Waals surface area contributed by atoms with Crippen LogP contribution in [0.1, 0.15) is 20.3 Å². The second kappa shape index (κ2) is 15.2. The molecule has 112 valence electrons. The van der Waals surface area contributed by atoms with E-state index in [4.69, 9.17) is 17.5 Å². The minimum Gasteiger partial charge on any atom is -0.265 e. The average Bonchev–Trinajstić information content (AvgIpc) is 2.42. The van der Waals surface area contributed by atoms with Crippen molar-refractivity contribution in [3.05, 3.63) is 61.2 Å².